The lowest BCUT2D eigenvalue weighted by molar-refractivity contribution is -0.0499. The second-order valence-electron chi connectivity index (χ2n) is 8.40. The van der Waals surface area contributed by atoms with Gasteiger partial charge in [-0.15, -0.1) is 0 Å². The molecule has 0 saturated carbocycles. The molecule has 9 nitrogen and oxygen atoms in total. The van der Waals surface area contributed by atoms with E-state index >= 15 is 0 Å². The Hall–Kier alpha value is -2.69. The van der Waals surface area contributed by atoms with Gasteiger partial charge in [-0.2, -0.15) is 0 Å². The van der Waals surface area contributed by atoms with Gasteiger partial charge in [0.05, 0.1) is 17.6 Å². The number of nitrogens with one attached hydrogen (secondary N) is 1. The number of hydrogen-bond acceptors (Lipinski definition) is 8. The first-order valence-electron chi connectivity index (χ1n) is 11.3. The summed E-state index contributed by atoms with van der Waals surface area (Å²) in [7, 11) is 2.03. The predicted octanol–water partition coefficient (Wildman–Crippen LogP) is 1.47. The van der Waals surface area contributed by atoms with Crippen LogP contribution in [0.15, 0.2) is 48.5 Å². The zero-order valence-corrected chi connectivity index (χ0v) is 18.7. The van der Waals surface area contributed by atoms with Gasteiger partial charge in [-0.3, -0.25) is 4.57 Å². The Morgan fingerprint density at radius 1 is 1.06 bits per heavy atom. The summed E-state index contributed by atoms with van der Waals surface area (Å²) in [5.74, 6) is 0.507. The van der Waals surface area contributed by atoms with Crippen LogP contribution >= 0.6 is 0 Å². The van der Waals surface area contributed by atoms with E-state index in [1.807, 2.05) is 43.4 Å². The van der Waals surface area contributed by atoms with Crippen molar-refractivity contribution in [1.29, 1.82) is 0 Å². The number of imidazole rings is 1. The van der Waals surface area contributed by atoms with Gasteiger partial charge in [0.15, 0.2) is 6.23 Å². The molecule has 178 valence electrons. The minimum atomic E-state index is -1.20. The molecule has 1 aromatic heterocycles. The van der Waals surface area contributed by atoms with Gasteiger partial charge in [0.25, 0.3) is 0 Å². The monoisotopic (exact) mass is 456 g/mol. The number of aromatic nitrogens is 2. The number of aliphatic hydroxyl groups excluding tert-OH is 4. The van der Waals surface area contributed by atoms with E-state index in [0.717, 1.165) is 41.7 Å². The van der Waals surface area contributed by atoms with Crippen LogP contribution in [0.1, 0.15) is 24.6 Å². The van der Waals surface area contributed by atoms with Crippen molar-refractivity contribution in [2.75, 3.05) is 37.0 Å². The summed E-state index contributed by atoms with van der Waals surface area (Å²) in [5.41, 5.74) is 3.63. The lowest BCUT2D eigenvalue weighted by atomic mass is 10.1. The minimum absolute atomic E-state index is 0.203. The summed E-state index contributed by atoms with van der Waals surface area (Å²) in [6.07, 6.45) is -2.43. The van der Waals surface area contributed by atoms with Crippen LogP contribution in [0.3, 0.4) is 0 Å². The van der Waals surface area contributed by atoms with Gasteiger partial charge in [0, 0.05) is 32.4 Å². The summed E-state index contributed by atoms with van der Waals surface area (Å²) in [6.45, 7) is 1.17. The second-order valence-corrected chi connectivity index (χ2v) is 8.40. The number of rotatable bonds is 10. The average molecular weight is 457 g/mol. The van der Waals surface area contributed by atoms with Crippen LogP contribution in [-0.4, -0.2) is 75.1 Å². The second kappa shape index (κ2) is 10.5. The van der Waals surface area contributed by atoms with E-state index in [4.69, 9.17) is 9.84 Å². The van der Waals surface area contributed by atoms with Crippen LogP contribution in [-0.2, 0) is 11.3 Å². The summed E-state index contributed by atoms with van der Waals surface area (Å²) >= 11 is 0. The summed E-state index contributed by atoms with van der Waals surface area (Å²) < 4.78 is 7.53. The normalized spacial score (nSPS) is 22.7. The third-order valence-corrected chi connectivity index (χ3v) is 6.07. The van der Waals surface area contributed by atoms with Crippen LogP contribution in [0.25, 0.3) is 11.0 Å². The van der Waals surface area contributed by atoms with Crippen LogP contribution in [0.2, 0.25) is 0 Å². The van der Waals surface area contributed by atoms with E-state index in [9.17, 15) is 15.3 Å². The summed E-state index contributed by atoms with van der Waals surface area (Å²) in [5, 5.41) is 42.7. The van der Waals surface area contributed by atoms with Crippen molar-refractivity contribution in [3.8, 4) is 0 Å². The van der Waals surface area contributed by atoms with Crippen molar-refractivity contribution < 1.29 is 25.2 Å². The highest BCUT2D eigenvalue weighted by Crippen LogP contribution is 2.35. The van der Waals surface area contributed by atoms with Gasteiger partial charge in [0.2, 0.25) is 5.95 Å². The molecule has 9 heteroatoms. The Morgan fingerprint density at radius 2 is 1.88 bits per heavy atom. The Morgan fingerprint density at radius 3 is 2.64 bits per heavy atom. The van der Waals surface area contributed by atoms with Gasteiger partial charge in [-0.25, -0.2) is 4.98 Å². The summed E-state index contributed by atoms with van der Waals surface area (Å²) in [4.78, 5) is 6.83. The number of benzene rings is 2. The highest BCUT2D eigenvalue weighted by atomic mass is 16.6. The van der Waals surface area contributed by atoms with Crippen molar-refractivity contribution in [2.45, 2.75) is 43.9 Å². The Balaban J connectivity index is 1.55. The van der Waals surface area contributed by atoms with Crippen molar-refractivity contribution in [1.82, 2.24) is 9.55 Å². The van der Waals surface area contributed by atoms with Crippen LogP contribution in [0.4, 0.5) is 11.6 Å². The van der Waals surface area contributed by atoms with E-state index in [2.05, 4.69) is 27.3 Å². The fourth-order valence-electron chi connectivity index (χ4n) is 4.19. The molecule has 0 spiro atoms. The molecule has 1 saturated heterocycles. The number of hydrogen-bond donors (Lipinski definition) is 5. The molecule has 4 rings (SSSR count). The molecular weight excluding hydrogens is 424 g/mol. The maximum atomic E-state index is 10.6. The van der Waals surface area contributed by atoms with Crippen molar-refractivity contribution >= 4 is 22.7 Å². The number of fused-ring (bicyclic) bond motifs is 1. The third kappa shape index (κ3) is 4.97. The zero-order valence-electron chi connectivity index (χ0n) is 18.7. The van der Waals surface area contributed by atoms with Gasteiger partial charge in [0.1, 0.15) is 18.3 Å². The molecule has 0 amide bonds. The molecule has 0 aliphatic carbocycles. The third-order valence-electron chi connectivity index (χ3n) is 6.07. The molecule has 1 aliphatic heterocycles. The number of ether oxygens (including phenoxy) is 1. The number of aliphatic hydroxyl groups is 4. The lowest BCUT2D eigenvalue weighted by Crippen LogP contribution is -2.33. The number of unbranched alkanes of at least 4 members (excludes halogenated alkanes) is 1. The highest BCUT2D eigenvalue weighted by molar-refractivity contribution is 5.78. The Kier molecular flexibility index (Phi) is 7.46. The molecule has 33 heavy (non-hydrogen) atoms. The molecule has 4 atom stereocenters. The minimum Gasteiger partial charge on any atom is -0.396 e. The van der Waals surface area contributed by atoms with Crippen LogP contribution < -0.4 is 10.2 Å². The first-order chi connectivity index (χ1) is 16.0. The van der Waals surface area contributed by atoms with Crippen LogP contribution in [0, 0.1) is 0 Å². The highest BCUT2D eigenvalue weighted by Gasteiger charge is 2.44. The average Bonchev–Trinajstić information content (AvgIpc) is 3.34. The van der Waals surface area contributed by atoms with Crippen molar-refractivity contribution in [3.63, 3.8) is 0 Å². The summed E-state index contributed by atoms with van der Waals surface area (Å²) in [6, 6.07) is 15.7. The largest absolute Gasteiger partial charge is 0.396 e. The van der Waals surface area contributed by atoms with Crippen LogP contribution in [0.5, 0.6) is 0 Å². The van der Waals surface area contributed by atoms with Gasteiger partial charge >= 0.3 is 0 Å². The van der Waals surface area contributed by atoms with Crippen molar-refractivity contribution in [2.24, 2.45) is 0 Å². The van der Waals surface area contributed by atoms with E-state index in [1.54, 1.807) is 4.57 Å². The lowest BCUT2D eigenvalue weighted by Gasteiger charge is -2.21. The van der Waals surface area contributed by atoms with Gasteiger partial charge in [-0.1, -0.05) is 24.3 Å². The molecule has 1 fully saturated rings. The topological polar surface area (TPSA) is 123 Å². The van der Waals surface area contributed by atoms with E-state index < -0.39 is 24.5 Å². The number of para-hydroxylation sites is 2. The SMILES string of the molecule is CN(CCCCO)c1cccc(CNc2nc3ccccc3n2[C@@H]2O[C@H](CO)[C@@H](O)[C@H]2O)c1. The quantitative estimate of drug-likeness (QED) is 0.291. The van der Waals surface area contributed by atoms with E-state index in [0.29, 0.717) is 12.5 Å². The van der Waals surface area contributed by atoms with Gasteiger partial charge in [-0.05, 0) is 42.7 Å². The Labute approximate surface area is 192 Å². The molecule has 5 N–H and O–H groups in total. The maximum Gasteiger partial charge on any atom is 0.206 e. The maximum absolute atomic E-state index is 10.6. The fraction of sp³-hybridized carbons (Fsp3) is 0.458. The molecule has 3 aromatic rings. The standard InChI is InChI=1S/C24H32N4O5/c1-27(11-4-5-12-29)17-8-6-7-16(13-17)14-25-24-26-18-9-2-3-10-19(18)28(24)23-22(32)21(31)20(15-30)33-23/h2-3,6-10,13,20-23,29-32H,4-5,11-12,14-15H2,1H3,(H,25,26)/t20-,21-,22-,23-/m1/s1. The van der Waals surface area contributed by atoms with E-state index in [1.165, 1.54) is 0 Å². The molecule has 0 bridgehead atoms. The zero-order chi connectivity index (χ0) is 23.4. The molecule has 2 heterocycles. The molecule has 0 unspecified atom stereocenters. The van der Waals surface area contributed by atoms with Crippen molar-refractivity contribution in [3.05, 3.63) is 54.1 Å². The molecule has 2 aromatic carbocycles. The molecular formula is C24H32N4O5. The van der Waals surface area contributed by atoms with Gasteiger partial charge < -0.3 is 35.4 Å². The number of nitrogens with zero attached hydrogens (tertiary/aromatic N) is 3. The number of anilines is 2. The first kappa shape index (κ1) is 23.5. The molecule has 0 radical (unpaired) electrons. The fourth-order valence-corrected chi connectivity index (χ4v) is 4.19. The Bertz CT molecular complexity index is 1060. The smallest absolute Gasteiger partial charge is 0.206 e. The van der Waals surface area contributed by atoms with E-state index in [-0.39, 0.29) is 13.2 Å². The first-order valence-corrected chi connectivity index (χ1v) is 11.3. The predicted molar refractivity (Wildman–Crippen MR) is 126 cm³/mol. The molecule has 1 aliphatic rings.